The van der Waals surface area contributed by atoms with Crippen LogP contribution in [0.3, 0.4) is 0 Å². The Morgan fingerprint density at radius 3 is 0.800 bits per heavy atom. The maximum absolute atomic E-state index is 12.2. The molecule has 0 saturated carbocycles. The molecule has 2 amide bonds. The zero-order chi connectivity index (χ0) is 44.7. The van der Waals surface area contributed by atoms with Gasteiger partial charge in [-0.3, -0.25) is 9.59 Å². The van der Waals surface area contributed by atoms with Crippen LogP contribution in [0.15, 0.2) is 0 Å². The quantitative estimate of drug-likeness (QED) is 0.0363. The van der Waals surface area contributed by atoms with Crippen molar-refractivity contribution in [3.05, 3.63) is 0 Å². The second kappa shape index (κ2) is 40.1. The molecule has 8 heteroatoms. The SMILES string of the molecule is CC[N+](CCCCCCCCCCCCCCCC(=O)NCCSSCCNC(=O)CCCCCCCCCCCCCCC[N+](CC)(C(C)C)C(C)C)(C(C)C)C(C)C. The van der Waals surface area contributed by atoms with Crippen LogP contribution in [0.5, 0.6) is 0 Å². The number of carbonyl (C=O) groups is 2. The number of hydrogen-bond acceptors (Lipinski definition) is 4. The standard InChI is InChI=1S/C52H106N4O2S2/c1-11-55(47(3)4,48(5)6)43-37-33-29-25-21-17-13-15-19-23-27-31-35-39-51(57)53-41-45-59-60-46-42-54-52(58)40-36-32-28-24-20-16-14-18-22-26-30-34-38-44-56(12-2,49(7)8)50(9)10/h47-50H,11-46H2,1-10H3/p+2. The van der Waals surface area contributed by atoms with Gasteiger partial charge in [0.1, 0.15) is 0 Å². The summed E-state index contributed by atoms with van der Waals surface area (Å²) in [6, 6.07) is 2.89. The fourth-order valence-corrected chi connectivity index (χ4v) is 11.8. The van der Waals surface area contributed by atoms with Gasteiger partial charge in [0, 0.05) is 37.4 Å². The Balaban J connectivity index is 3.43. The van der Waals surface area contributed by atoms with Crippen LogP contribution in [0.2, 0.25) is 0 Å². The average molecular weight is 886 g/mol. The minimum atomic E-state index is 0.199. The van der Waals surface area contributed by atoms with Crippen LogP contribution in [0.25, 0.3) is 0 Å². The molecule has 2 N–H and O–H groups in total. The summed E-state index contributed by atoms with van der Waals surface area (Å²) in [5, 5.41) is 6.16. The van der Waals surface area contributed by atoms with Crippen molar-refractivity contribution in [3.8, 4) is 0 Å². The van der Waals surface area contributed by atoms with E-state index in [0.717, 1.165) is 61.6 Å². The van der Waals surface area contributed by atoms with Gasteiger partial charge in [0.25, 0.3) is 0 Å². The summed E-state index contributed by atoms with van der Waals surface area (Å²) >= 11 is 0. The monoisotopic (exact) mass is 885 g/mol. The third kappa shape index (κ3) is 29.8. The van der Waals surface area contributed by atoms with Crippen LogP contribution in [0, 0.1) is 0 Å². The fraction of sp³-hybridized carbons (Fsp3) is 0.962. The smallest absolute Gasteiger partial charge is 0.220 e. The Bertz CT molecular complexity index is 884. The van der Waals surface area contributed by atoms with Crippen molar-refractivity contribution in [1.82, 2.24) is 10.6 Å². The zero-order valence-corrected chi connectivity index (χ0v) is 43.9. The van der Waals surface area contributed by atoms with E-state index in [-0.39, 0.29) is 11.8 Å². The highest BCUT2D eigenvalue weighted by Gasteiger charge is 2.33. The number of carbonyl (C=O) groups excluding carboxylic acids is 2. The van der Waals surface area contributed by atoms with Crippen molar-refractivity contribution in [2.75, 3.05) is 50.8 Å². The molecule has 0 aromatic rings. The summed E-state index contributed by atoms with van der Waals surface area (Å²) in [6.45, 7) is 30.6. The molecule has 0 aromatic heterocycles. The van der Waals surface area contributed by atoms with Crippen molar-refractivity contribution < 1.29 is 18.6 Å². The van der Waals surface area contributed by atoms with Crippen molar-refractivity contribution >= 4 is 33.4 Å². The van der Waals surface area contributed by atoms with Crippen molar-refractivity contribution in [1.29, 1.82) is 0 Å². The molecule has 0 aliphatic heterocycles. The molecule has 0 aliphatic rings. The van der Waals surface area contributed by atoms with E-state index in [2.05, 4.69) is 79.9 Å². The van der Waals surface area contributed by atoms with Gasteiger partial charge in [0.2, 0.25) is 11.8 Å². The molecule has 6 nitrogen and oxygen atoms in total. The van der Waals surface area contributed by atoms with Crippen LogP contribution in [-0.2, 0) is 9.59 Å². The van der Waals surface area contributed by atoms with E-state index in [1.807, 2.05) is 0 Å². The molecule has 0 spiro atoms. The highest BCUT2D eigenvalue weighted by atomic mass is 33.1. The lowest BCUT2D eigenvalue weighted by Gasteiger charge is -2.45. The molecule has 0 radical (unpaired) electrons. The van der Waals surface area contributed by atoms with Crippen LogP contribution in [0.1, 0.15) is 249 Å². The molecule has 0 atom stereocenters. The zero-order valence-electron chi connectivity index (χ0n) is 42.3. The van der Waals surface area contributed by atoms with Crippen molar-refractivity contribution in [3.63, 3.8) is 0 Å². The van der Waals surface area contributed by atoms with Gasteiger partial charge in [-0.05, 0) is 108 Å². The molecule has 0 saturated heterocycles. The summed E-state index contributed by atoms with van der Waals surface area (Å²) in [4.78, 5) is 24.4. The predicted octanol–water partition coefficient (Wildman–Crippen LogP) is 14.8. The lowest BCUT2D eigenvalue weighted by Crippen LogP contribution is -2.58. The number of amides is 2. The minimum absolute atomic E-state index is 0.199. The topological polar surface area (TPSA) is 58.2 Å². The highest BCUT2D eigenvalue weighted by Crippen LogP contribution is 2.24. The Labute approximate surface area is 384 Å². The molecule has 0 fully saturated rings. The third-order valence-electron chi connectivity index (χ3n) is 14.3. The number of hydrogen-bond donors (Lipinski definition) is 2. The summed E-state index contributed by atoms with van der Waals surface area (Å²) < 4.78 is 2.55. The fourth-order valence-electron chi connectivity index (χ4n) is 10.0. The normalized spacial score (nSPS) is 12.4. The second-order valence-corrected chi connectivity index (χ2v) is 22.4. The van der Waals surface area contributed by atoms with Gasteiger partial charge in [0.05, 0.1) is 50.3 Å². The van der Waals surface area contributed by atoms with Gasteiger partial charge in [-0.15, -0.1) is 0 Å². The van der Waals surface area contributed by atoms with E-state index >= 15 is 0 Å². The molecular weight excluding hydrogens is 777 g/mol. The molecule has 0 heterocycles. The lowest BCUT2D eigenvalue weighted by atomic mass is 10.0. The van der Waals surface area contributed by atoms with E-state index in [1.54, 1.807) is 21.6 Å². The van der Waals surface area contributed by atoms with Crippen LogP contribution >= 0.6 is 21.6 Å². The predicted molar refractivity (Wildman–Crippen MR) is 272 cm³/mol. The van der Waals surface area contributed by atoms with Gasteiger partial charge < -0.3 is 19.6 Å². The van der Waals surface area contributed by atoms with Gasteiger partial charge in [-0.1, -0.05) is 150 Å². The van der Waals surface area contributed by atoms with E-state index in [4.69, 9.17) is 0 Å². The molecule has 358 valence electrons. The lowest BCUT2D eigenvalue weighted by molar-refractivity contribution is -0.965. The van der Waals surface area contributed by atoms with E-state index in [1.165, 1.54) is 189 Å². The van der Waals surface area contributed by atoms with Crippen molar-refractivity contribution in [2.24, 2.45) is 0 Å². The first-order valence-corrected chi connectivity index (χ1v) is 28.9. The molecule has 0 rings (SSSR count). The van der Waals surface area contributed by atoms with Crippen LogP contribution in [0.4, 0.5) is 0 Å². The summed E-state index contributed by atoms with van der Waals surface area (Å²) in [5.41, 5.74) is 0. The summed E-state index contributed by atoms with van der Waals surface area (Å²) in [7, 11) is 3.58. The Hall–Kier alpha value is -0.440. The van der Waals surface area contributed by atoms with Crippen molar-refractivity contribution in [2.45, 2.75) is 273 Å². The first-order valence-electron chi connectivity index (χ1n) is 26.4. The van der Waals surface area contributed by atoms with Gasteiger partial charge >= 0.3 is 0 Å². The number of quaternary nitrogens is 2. The molecule has 60 heavy (non-hydrogen) atoms. The van der Waals surface area contributed by atoms with E-state index in [0.29, 0.717) is 12.8 Å². The summed E-state index contributed by atoms with van der Waals surface area (Å²) in [5.74, 6) is 2.22. The maximum atomic E-state index is 12.2. The van der Waals surface area contributed by atoms with E-state index < -0.39 is 0 Å². The number of unbranched alkanes of at least 4 members (excludes halogenated alkanes) is 24. The first-order chi connectivity index (χ1) is 28.9. The van der Waals surface area contributed by atoms with Gasteiger partial charge in [0.15, 0.2) is 0 Å². The summed E-state index contributed by atoms with van der Waals surface area (Å²) in [6.07, 6.45) is 35.9. The number of rotatable bonds is 45. The maximum Gasteiger partial charge on any atom is 0.220 e. The molecule has 0 bridgehead atoms. The molecule has 0 unspecified atom stereocenters. The molecule has 0 aromatic carbocycles. The minimum Gasteiger partial charge on any atom is -0.355 e. The second-order valence-electron chi connectivity index (χ2n) is 19.7. The van der Waals surface area contributed by atoms with Crippen LogP contribution in [-0.4, -0.2) is 95.7 Å². The van der Waals surface area contributed by atoms with Crippen LogP contribution < -0.4 is 10.6 Å². The molecular formula is C52H108N4O2S2+2. The highest BCUT2D eigenvalue weighted by molar-refractivity contribution is 8.76. The molecule has 0 aliphatic carbocycles. The Kier molecular flexibility index (Phi) is 39.8. The number of nitrogens with one attached hydrogen (secondary N) is 2. The number of nitrogens with zero attached hydrogens (tertiary/aromatic N) is 2. The van der Waals surface area contributed by atoms with Gasteiger partial charge in [-0.2, -0.15) is 0 Å². The van der Waals surface area contributed by atoms with E-state index in [9.17, 15) is 9.59 Å². The Morgan fingerprint density at radius 1 is 0.367 bits per heavy atom. The first kappa shape index (κ1) is 59.6. The Morgan fingerprint density at radius 2 is 0.583 bits per heavy atom. The average Bonchev–Trinajstić information content (AvgIpc) is 3.21. The third-order valence-corrected chi connectivity index (χ3v) is 16.8. The van der Waals surface area contributed by atoms with Gasteiger partial charge in [-0.25, -0.2) is 0 Å². The largest absolute Gasteiger partial charge is 0.355 e.